The summed E-state index contributed by atoms with van der Waals surface area (Å²) in [6, 6.07) is 1.64. The van der Waals surface area contributed by atoms with Gasteiger partial charge in [0.1, 0.15) is 17.0 Å². The van der Waals surface area contributed by atoms with Crippen molar-refractivity contribution in [3.05, 3.63) is 10.0 Å². The highest BCUT2D eigenvalue weighted by Crippen LogP contribution is 2.33. The van der Waals surface area contributed by atoms with Crippen LogP contribution < -0.4 is 10.6 Å². The van der Waals surface area contributed by atoms with Crippen molar-refractivity contribution < 1.29 is 4.79 Å². The molecular weight excluding hydrogens is 236 g/mol. The minimum atomic E-state index is -0.369. The molecule has 78 valence electrons. The molecule has 1 aliphatic heterocycles. The van der Waals surface area contributed by atoms with E-state index in [1.54, 1.807) is 4.90 Å². The number of nitrogens with zero attached hydrogens (tertiary/aromatic N) is 3. The first-order valence-electron chi connectivity index (χ1n) is 4.26. The van der Waals surface area contributed by atoms with Crippen molar-refractivity contribution in [3.63, 3.8) is 0 Å². The number of anilines is 1. The van der Waals surface area contributed by atoms with Crippen molar-refractivity contribution in [2.45, 2.75) is 12.5 Å². The first-order chi connectivity index (χ1) is 7.13. The summed E-state index contributed by atoms with van der Waals surface area (Å²) in [5, 5.41) is 9.48. The summed E-state index contributed by atoms with van der Waals surface area (Å²) in [5.74, 6) is -0.369. The van der Waals surface area contributed by atoms with Crippen molar-refractivity contribution in [2.24, 2.45) is 5.73 Å². The molecule has 15 heavy (non-hydrogen) atoms. The molecule has 0 aromatic carbocycles. The molecule has 2 heterocycles. The molecule has 0 aliphatic carbocycles. The molecule has 1 aliphatic rings. The lowest BCUT2D eigenvalue weighted by Crippen LogP contribution is -2.55. The molecule has 1 aromatic rings. The fourth-order valence-corrected chi connectivity index (χ4v) is 2.51. The molecule has 1 fully saturated rings. The Balaban J connectivity index is 2.24. The second-order valence-corrected chi connectivity index (χ2v) is 4.46. The molecular formula is C8H7ClN4OS. The molecule has 0 saturated carbocycles. The fraction of sp³-hybridized carbons (Fsp3) is 0.375. The van der Waals surface area contributed by atoms with Gasteiger partial charge in [-0.3, -0.25) is 4.79 Å². The second-order valence-electron chi connectivity index (χ2n) is 3.13. The van der Waals surface area contributed by atoms with E-state index in [4.69, 9.17) is 22.6 Å². The van der Waals surface area contributed by atoms with Crippen LogP contribution in [0.5, 0.6) is 0 Å². The van der Waals surface area contributed by atoms with Gasteiger partial charge in [0.05, 0.1) is 0 Å². The maximum absolute atomic E-state index is 11.0. The lowest BCUT2D eigenvalue weighted by Gasteiger charge is -2.38. The average molecular weight is 243 g/mol. The van der Waals surface area contributed by atoms with Crippen LogP contribution >= 0.6 is 22.9 Å². The number of aromatic nitrogens is 1. The molecule has 7 heteroatoms. The Morgan fingerprint density at radius 3 is 2.93 bits per heavy atom. The zero-order chi connectivity index (χ0) is 11.0. The number of nitrogens with two attached hydrogens (primary N) is 1. The van der Waals surface area contributed by atoms with Gasteiger partial charge >= 0.3 is 0 Å². The minimum Gasteiger partial charge on any atom is -0.368 e. The lowest BCUT2D eigenvalue weighted by molar-refractivity contribution is -0.120. The van der Waals surface area contributed by atoms with Crippen molar-refractivity contribution in [2.75, 3.05) is 11.4 Å². The Kier molecular flexibility index (Phi) is 2.50. The van der Waals surface area contributed by atoms with Crippen LogP contribution in [0.4, 0.5) is 5.13 Å². The molecule has 1 atom stereocenters. The summed E-state index contributed by atoms with van der Waals surface area (Å²) in [4.78, 5) is 17.1. The van der Waals surface area contributed by atoms with E-state index < -0.39 is 0 Å². The van der Waals surface area contributed by atoms with Crippen molar-refractivity contribution in [1.29, 1.82) is 5.26 Å². The van der Waals surface area contributed by atoms with E-state index in [1.165, 1.54) is 11.3 Å². The first-order valence-corrected chi connectivity index (χ1v) is 5.45. The number of rotatable bonds is 2. The Bertz CT molecular complexity index is 452. The highest BCUT2D eigenvalue weighted by atomic mass is 35.5. The van der Waals surface area contributed by atoms with Crippen LogP contribution in [0.2, 0.25) is 5.15 Å². The van der Waals surface area contributed by atoms with E-state index in [1.807, 2.05) is 6.07 Å². The number of hydrogen-bond donors (Lipinski definition) is 1. The van der Waals surface area contributed by atoms with Gasteiger partial charge in [-0.15, -0.1) is 0 Å². The molecule has 2 N–H and O–H groups in total. The quantitative estimate of drug-likeness (QED) is 0.829. The summed E-state index contributed by atoms with van der Waals surface area (Å²) in [6.07, 6.45) is 0.731. The predicted molar refractivity (Wildman–Crippen MR) is 56.8 cm³/mol. The van der Waals surface area contributed by atoms with Crippen LogP contribution in [0.25, 0.3) is 0 Å². The van der Waals surface area contributed by atoms with Crippen LogP contribution in [-0.2, 0) is 4.79 Å². The number of carbonyl (C=O) groups excluding carboxylic acids is 1. The second kappa shape index (κ2) is 3.68. The third-order valence-corrected chi connectivity index (χ3v) is 3.65. The van der Waals surface area contributed by atoms with Crippen LogP contribution in [0.15, 0.2) is 0 Å². The van der Waals surface area contributed by atoms with Crippen LogP contribution in [0.3, 0.4) is 0 Å². The van der Waals surface area contributed by atoms with E-state index in [9.17, 15) is 4.79 Å². The van der Waals surface area contributed by atoms with Gasteiger partial charge in [-0.05, 0) is 6.42 Å². The van der Waals surface area contributed by atoms with E-state index in [0.717, 1.165) is 13.0 Å². The third-order valence-electron chi connectivity index (χ3n) is 2.27. The van der Waals surface area contributed by atoms with Crippen LogP contribution in [0.1, 0.15) is 11.3 Å². The molecule has 1 aromatic heterocycles. The van der Waals surface area contributed by atoms with Crippen molar-refractivity contribution >= 4 is 34.0 Å². The number of carbonyl (C=O) groups is 1. The molecule has 0 radical (unpaired) electrons. The largest absolute Gasteiger partial charge is 0.368 e. The Hall–Kier alpha value is -1.32. The molecule has 5 nitrogen and oxygen atoms in total. The van der Waals surface area contributed by atoms with E-state index in [0.29, 0.717) is 10.0 Å². The maximum atomic E-state index is 11.0. The van der Waals surface area contributed by atoms with Crippen molar-refractivity contribution in [3.8, 4) is 6.07 Å². The lowest BCUT2D eigenvalue weighted by atomic mass is 10.0. The summed E-state index contributed by atoms with van der Waals surface area (Å²) in [7, 11) is 0. The monoisotopic (exact) mass is 242 g/mol. The number of thiazole rings is 1. The summed E-state index contributed by atoms with van der Waals surface area (Å²) in [6.45, 7) is 0.725. The smallest absolute Gasteiger partial charge is 0.240 e. The number of amides is 1. The standard InChI is InChI=1S/C8H7ClN4OS/c9-6-5(3-10)15-8(12-6)13-2-1-4(13)7(11)14/h4H,1-2H2,(H2,11,14). The van der Waals surface area contributed by atoms with E-state index in [-0.39, 0.29) is 17.1 Å². The number of halogens is 1. The molecule has 0 bridgehead atoms. The topological polar surface area (TPSA) is 83.0 Å². The number of nitriles is 1. The molecule has 1 amide bonds. The molecule has 1 unspecified atom stereocenters. The number of hydrogen-bond acceptors (Lipinski definition) is 5. The van der Waals surface area contributed by atoms with Gasteiger partial charge in [-0.2, -0.15) is 5.26 Å². The van der Waals surface area contributed by atoms with Gasteiger partial charge in [0, 0.05) is 6.54 Å². The van der Waals surface area contributed by atoms with Crippen LogP contribution in [-0.4, -0.2) is 23.5 Å². The Morgan fingerprint density at radius 2 is 2.53 bits per heavy atom. The minimum absolute atomic E-state index is 0.188. The zero-order valence-corrected chi connectivity index (χ0v) is 9.18. The van der Waals surface area contributed by atoms with Gasteiger partial charge in [0.2, 0.25) is 5.91 Å². The first kappa shape index (κ1) is 10.2. The summed E-state index contributed by atoms with van der Waals surface area (Å²) >= 11 is 6.91. The zero-order valence-electron chi connectivity index (χ0n) is 7.61. The maximum Gasteiger partial charge on any atom is 0.240 e. The molecule has 1 saturated heterocycles. The van der Waals surface area contributed by atoms with Gasteiger partial charge in [0.25, 0.3) is 0 Å². The third kappa shape index (κ3) is 1.64. The highest BCUT2D eigenvalue weighted by molar-refractivity contribution is 7.16. The van der Waals surface area contributed by atoms with Crippen LogP contribution in [0, 0.1) is 11.3 Å². The Labute approximate surface area is 95.1 Å². The number of primary amides is 1. The van der Waals surface area contributed by atoms with Gasteiger partial charge in [0.15, 0.2) is 10.3 Å². The fourth-order valence-electron chi connectivity index (χ4n) is 1.39. The predicted octanol–water partition coefficient (Wildman–Crippen LogP) is 0.732. The molecule has 0 spiro atoms. The summed E-state index contributed by atoms with van der Waals surface area (Å²) < 4.78 is 0. The Morgan fingerprint density at radius 1 is 1.80 bits per heavy atom. The van der Waals surface area contributed by atoms with Gasteiger partial charge < -0.3 is 10.6 Å². The summed E-state index contributed by atoms with van der Waals surface area (Å²) in [5.41, 5.74) is 5.20. The van der Waals surface area contributed by atoms with Crippen molar-refractivity contribution in [1.82, 2.24) is 4.98 Å². The SMILES string of the molecule is N#Cc1sc(N2CCC2C(N)=O)nc1Cl. The van der Waals surface area contributed by atoms with Gasteiger partial charge in [-0.1, -0.05) is 22.9 Å². The normalized spacial score (nSPS) is 19.5. The highest BCUT2D eigenvalue weighted by Gasteiger charge is 2.35. The molecule has 2 rings (SSSR count). The van der Waals surface area contributed by atoms with E-state index in [2.05, 4.69) is 4.98 Å². The van der Waals surface area contributed by atoms with E-state index >= 15 is 0 Å². The van der Waals surface area contributed by atoms with Gasteiger partial charge in [-0.25, -0.2) is 4.98 Å². The average Bonchev–Trinajstić information content (AvgIpc) is 2.43.